The standard InChI is InChI=1S/C32H26N4O5S2/c1-20-11-12-23(17-21(20)2)34-29-30(32(38)36(31(29)37)25-13-15-26(41-3)16-14-25)42-27-9-6-8-24(18-27)35-43(39,40)28-10-5-4-7-22(28)19-33/h4-18,34-35H,1-3H3. The lowest BCUT2D eigenvalue weighted by Crippen LogP contribution is -2.32. The van der Waals surface area contributed by atoms with Gasteiger partial charge in [0.1, 0.15) is 27.3 Å². The first-order valence-electron chi connectivity index (χ1n) is 13.0. The van der Waals surface area contributed by atoms with Crippen LogP contribution in [0.15, 0.2) is 111 Å². The van der Waals surface area contributed by atoms with Crippen molar-refractivity contribution in [2.45, 2.75) is 23.6 Å². The van der Waals surface area contributed by atoms with Gasteiger partial charge in [-0.3, -0.25) is 14.3 Å². The van der Waals surface area contributed by atoms with Gasteiger partial charge in [-0.05, 0) is 91.7 Å². The zero-order valence-electron chi connectivity index (χ0n) is 23.4. The topological polar surface area (TPSA) is 129 Å². The van der Waals surface area contributed by atoms with E-state index >= 15 is 0 Å². The van der Waals surface area contributed by atoms with Crippen LogP contribution in [0.25, 0.3) is 0 Å². The Kier molecular flexibility index (Phi) is 8.25. The Morgan fingerprint density at radius 1 is 0.837 bits per heavy atom. The van der Waals surface area contributed by atoms with Gasteiger partial charge in [0, 0.05) is 16.3 Å². The number of imide groups is 1. The third-order valence-electron chi connectivity index (χ3n) is 6.75. The van der Waals surface area contributed by atoms with Crippen molar-refractivity contribution in [3.63, 3.8) is 0 Å². The van der Waals surface area contributed by atoms with Crippen LogP contribution < -0.4 is 19.7 Å². The molecular formula is C32H26N4O5S2. The van der Waals surface area contributed by atoms with Crippen LogP contribution in [-0.4, -0.2) is 27.3 Å². The minimum Gasteiger partial charge on any atom is -0.497 e. The molecule has 0 fully saturated rings. The van der Waals surface area contributed by atoms with Crippen molar-refractivity contribution in [1.29, 1.82) is 5.26 Å². The van der Waals surface area contributed by atoms with Gasteiger partial charge in [-0.1, -0.05) is 36.0 Å². The molecule has 1 heterocycles. The molecule has 0 atom stereocenters. The molecule has 1 aliphatic rings. The molecule has 4 aromatic rings. The fraction of sp³-hybridized carbons (Fsp3) is 0.0938. The molecule has 0 aromatic heterocycles. The van der Waals surface area contributed by atoms with E-state index in [9.17, 15) is 23.3 Å². The molecule has 0 radical (unpaired) electrons. The van der Waals surface area contributed by atoms with Crippen LogP contribution in [0.4, 0.5) is 17.1 Å². The quantitative estimate of drug-likeness (QED) is 0.222. The number of nitriles is 1. The number of nitrogens with zero attached hydrogens (tertiary/aromatic N) is 2. The maximum atomic E-state index is 13.8. The van der Waals surface area contributed by atoms with Crippen LogP contribution in [0, 0.1) is 25.2 Å². The zero-order chi connectivity index (χ0) is 30.7. The number of carbonyl (C=O) groups is 2. The molecule has 9 nitrogen and oxygen atoms in total. The lowest BCUT2D eigenvalue weighted by molar-refractivity contribution is -0.120. The normalized spacial score (nSPS) is 13.2. The summed E-state index contributed by atoms with van der Waals surface area (Å²) < 4.78 is 33.9. The molecule has 4 aromatic carbocycles. The fourth-order valence-corrected chi connectivity index (χ4v) is 6.58. The number of amides is 2. The second-order valence-corrected chi connectivity index (χ2v) is 12.3. The Morgan fingerprint density at radius 2 is 1.58 bits per heavy atom. The van der Waals surface area contributed by atoms with Crippen molar-refractivity contribution < 1.29 is 22.7 Å². The van der Waals surface area contributed by atoms with Crippen LogP contribution in [-0.2, 0) is 19.6 Å². The maximum Gasteiger partial charge on any atom is 0.283 e. The van der Waals surface area contributed by atoms with Crippen molar-refractivity contribution >= 4 is 50.7 Å². The summed E-state index contributed by atoms with van der Waals surface area (Å²) in [6, 6.07) is 26.5. The van der Waals surface area contributed by atoms with Crippen LogP contribution in [0.1, 0.15) is 16.7 Å². The number of thioether (sulfide) groups is 1. The summed E-state index contributed by atoms with van der Waals surface area (Å²) >= 11 is 1.04. The van der Waals surface area contributed by atoms with E-state index in [0.29, 0.717) is 22.0 Å². The maximum absolute atomic E-state index is 13.8. The smallest absolute Gasteiger partial charge is 0.283 e. The molecule has 0 saturated heterocycles. The Labute approximate surface area is 253 Å². The lowest BCUT2D eigenvalue weighted by Gasteiger charge is -2.16. The SMILES string of the molecule is COc1ccc(N2C(=O)C(Nc3ccc(C)c(C)c3)=C(Sc3cccc(NS(=O)(=O)c4ccccc4C#N)c3)C2=O)cc1. The van der Waals surface area contributed by atoms with E-state index in [1.807, 2.05) is 38.1 Å². The molecule has 2 amide bonds. The highest BCUT2D eigenvalue weighted by Gasteiger charge is 2.40. The first-order chi connectivity index (χ1) is 20.6. The third-order valence-corrected chi connectivity index (χ3v) is 9.26. The second kappa shape index (κ2) is 12.1. The molecule has 2 N–H and O–H groups in total. The molecular weight excluding hydrogens is 585 g/mol. The van der Waals surface area contributed by atoms with E-state index < -0.39 is 21.8 Å². The predicted octanol–water partition coefficient (Wildman–Crippen LogP) is 5.97. The molecule has 216 valence electrons. The number of carbonyl (C=O) groups excluding carboxylic acids is 2. The van der Waals surface area contributed by atoms with Crippen molar-refractivity contribution in [2.75, 3.05) is 22.0 Å². The van der Waals surface area contributed by atoms with Gasteiger partial charge in [0.15, 0.2) is 0 Å². The predicted molar refractivity (Wildman–Crippen MR) is 166 cm³/mol. The van der Waals surface area contributed by atoms with Gasteiger partial charge in [-0.15, -0.1) is 0 Å². The molecule has 1 aliphatic heterocycles. The number of benzene rings is 4. The summed E-state index contributed by atoms with van der Waals surface area (Å²) in [5.41, 5.74) is 3.46. The average Bonchev–Trinajstić information content (AvgIpc) is 3.22. The highest BCUT2D eigenvalue weighted by Crippen LogP contribution is 2.39. The number of methoxy groups -OCH3 is 1. The van der Waals surface area contributed by atoms with E-state index in [0.717, 1.165) is 27.8 Å². The van der Waals surface area contributed by atoms with Crippen molar-refractivity contribution in [2.24, 2.45) is 0 Å². The third kappa shape index (κ3) is 6.11. The van der Waals surface area contributed by atoms with E-state index in [-0.39, 0.29) is 26.7 Å². The van der Waals surface area contributed by atoms with Crippen LogP contribution in [0.5, 0.6) is 5.75 Å². The Morgan fingerprint density at radius 3 is 2.28 bits per heavy atom. The van der Waals surface area contributed by atoms with Crippen molar-refractivity contribution in [1.82, 2.24) is 0 Å². The summed E-state index contributed by atoms with van der Waals surface area (Å²) in [6.07, 6.45) is 0. The first kappa shape index (κ1) is 29.4. The summed E-state index contributed by atoms with van der Waals surface area (Å²) in [5, 5.41) is 12.5. The van der Waals surface area contributed by atoms with Crippen molar-refractivity contribution in [3.05, 3.63) is 118 Å². The van der Waals surface area contributed by atoms with Gasteiger partial charge in [0.05, 0.1) is 18.4 Å². The van der Waals surface area contributed by atoms with Crippen LogP contribution in [0.2, 0.25) is 0 Å². The minimum absolute atomic E-state index is 0.0152. The van der Waals surface area contributed by atoms with Crippen LogP contribution in [0.3, 0.4) is 0 Å². The van der Waals surface area contributed by atoms with Crippen LogP contribution >= 0.6 is 11.8 Å². The molecule has 11 heteroatoms. The molecule has 0 bridgehead atoms. The van der Waals surface area contributed by atoms with E-state index in [2.05, 4.69) is 10.0 Å². The van der Waals surface area contributed by atoms with Gasteiger partial charge in [-0.25, -0.2) is 13.3 Å². The number of anilines is 3. The molecule has 0 saturated carbocycles. The monoisotopic (exact) mass is 610 g/mol. The Balaban J connectivity index is 1.49. The number of hydrogen-bond acceptors (Lipinski definition) is 8. The van der Waals surface area contributed by atoms with E-state index in [1.54, 1.807) is 54.6 Å². The summed E-state index contributed by atoms with van der Waals surface area (Å²) in [5.74, 6) is -0.475. The minimum atomic E-state index is -4.07. The van der Waals surface area contributed by atoms with Gasteiger partial charge in [-0.2, -0.15) is 5.26 Å². The van der Waals surface area contributed by atoms with E-state index in [1.165, 1.54) is 25.3 Å². The molecule has 0 spiro atoms. The number of ether oxygens (including phenoxy) is 1. The van der Waals surface area contributed by atoms with Gasteiger partial charge < -0.3 is 10.1 Å². The number of rotatable bonds is 9. The van der Waals surface area contributed by atoms with Gasteiger partial charge in [0.25, 0.3) is 21.8 Å². The summed E-state index contributed by atoms with van der Waals surface area (Å²) in [6.45, 7) is 3.94. The Hall–Kier alpha value is -5.05. The highest BCUT2D eigenvalue weighted by molar-refractivity contribution is 8.04. The van der Waals surface area contributed by atoms with Crippen molar-refractivity contribution in [3.8, 4) is 11.8 Å². The summed E-state index contributed by atoms with van der Waals surface area (Å²) in [4.78, 5) is 29.1. The Bertz CT molecular complexity index is 1930. The number of aryl methyl sites for hydroxylation is 2. The van der Waals surface area contributed by atoms with Gasteiger partial charge in [0.2, 0.25) is 0 Å². The largest absolute Gasteiger partial charge is 0.497 e. The molecule has 0 aliphatic carbocycles. The number of nitrogens with one attached hydrogen (secondary N) is 2. The summed E-state index contributed by atoms with van der Waals surface area (Å²) in [7, 11) is -2.55. The fourth-order valence-electron chi connectivity index (χ4n) is 4.39. The number of hydrogen-bond donors (Lipinski definition) is 2. The van der Waals surface area contributed by atoms with Gasteiger partial charge >= 0.3 is 0 Å². The average molecular weight is 611 g/mol. The molecule has 0 unspecified atom stereocenters. The zero-order valence-corrected chi connectivity index (χ0v) is 25.0. The molecule has 5 rings (SSSR count). The first-order valence-corrected chi connectivity index (χ1v) is 15.3. The highest BCUT2D eigenvalue weighted by atomic mass is 32.2. The molecule has 43 heavy (non-hydrogen) atoms. The lowest BCUT2D eigenvalue weighted by atomic mass is 10.1. The second-order valence-electron chi connectivity index (χ2n) is 9.62. The number of sulfonamides is 1. The van der Waals surface area contributed by atoms with E-state index in [4.69, 9.17) is 4.74 Å².